The van der Waals surface area contributed by atoms with Gasteiger partial charge in [-0.2, -0.15) is 0 Å². The summed E-state index contributed by atoms with van der Waals surface area (Å²) in [6.45, 7) is 2.16. The van der Waals surface area contributed by atoms with Gasteiger partial charge in [0.15, 0.2) is 5.82 Å². The van der Waals surface area contributed by atoms with Crippen LogP contribution in [0.1, 0.15) is 12.2 Å². The third-order valence-corrected chi connectivity index (χ3v) is 4.14. The largest absolute Gasteiger partial charge is 0.360 e. The van der Waals surface area contributed by atoms with Crippen molar-refractivity contribution >= 4 is 23.3 Å². The van der Waals surface area contributed by atoms with Gasteiger partial charge in [-0.1, -0.05) is 17.3 Å². The minimum atomic E-state index is -0.468. The molecular formula is C17H19FN4O3. The highest BCUT2D eigenvalue weighted by molar-refractivity contribution is 6.00. The molecule has 25 heavy (non-hydrogen) atoms. The van der Waals surface area contributed by atoms with Gasteiger partial charge in [0, 0.05) is 12.6 Å². The maximum absolute atomic E-state index is 13.9. The fourth-order valence-electron chi connectivity index (χ4n) is 2.93. The number of nitrogens with zero attached hydrogens (tertiary/aromatic N) is 3. The number of aryl methyl sites for hydroxylation is 1. The van der Waals surface area contributed by atoms with Crippen LogP contribution in [0.5, 0.6) is 0 Å². The average Bonchev–Trinajstić information content (AvgIpc) is 3.13. The quantitative estimate of drug-likeness (QED) is 0.893. The van der Waals surface area contributed by atoms with Crippen LogP contribution in [0, 0.1) is 12.7 Å². The molecule has 8 heteroatoms. The monoisotopic (exact) mass is 346 g/mol. The lowest BCUT2D eigenvalue weighted by Gasteiger charge is -2.23. The Balaban J connectivity index is 1.61. The van der Waals surface area contributed by atoms with E-state index in [0.29, 0.717) is 24.5 Å². The predicted molar refractivity (Wildman–Crippen MR) is 89.7 cm³/mol. The lowest BCUT2D eigenvalue weighted by atomic mass is 10.2. The molecule has 1 aliphatic heterocycles. The highest BCUT2D eigenvalue weighted by Gasteiger charge is 2.36. The van der Waals surface area contributed by atoms with Crippen LogP contribution in [-0.2, 0) is 9.59 Å². The molecule has 0 spiro atoms. The number of rotatable bonds is 5. The van der Waals surface area contributed by atoms with Gasteiger partial charge in [0.05, 0.1) is 18.3 Å². The first-order valence-electron chi connectivity index (χ1n) is 7.95. The van der Waals surface area contributed by atoms with Gasteiger partial charge in [-0.15, -0.1) is 0 Å². The molecule has 0 radical (unpaired) electrons. The van der Waals surface area contributed by atoms with Gasteiger partial charge < -0.3 is 14.7 Å². The zero-order valence-electron chi connectivity index (χ0n) is 14.0. The number of hydrogen-bond acceptors (Lipinski definition) is 5. The van der Waals surface area contributed by atoms with Crippen LogP contribution in [-0.4, -0.2) is 48.0 Å². The van der Waals surface area contributed by atoms with Crippen LogP contribution >= 0.6 is 0 Å². The third kappa shape index (κ3) is 3.69. The minimum Gasteiger partial charge on any atom is -0.360 e. The van der Waals surface area contributed by atoms with E-state index in [9.17, 15) is 14.0 Å². The van der Waals surface area contributed by atoms with E-state index in [1.54, 1.807) is 43.1 Å². The van der Waals surface area contributed by atoms with Gasteiger partial charge in [0.1, 0.15) is 11.6 Å². The Kier molecular flexibility index (Phi) is 4.80. The number of likely N-dealkylation sites (N-methyl/N-ethyl adjacent to an activating group) is 1. The van der Waals surface area contributed by atoms with Crippen LogP contribution in [0.3, 0.4) is 0 Å². The lowest BCUT2D eigenvalue weighted by Crippen LogP contribution is -2.43. The molecule has 1 aromatic carbocycles. The molecule has 1 saturated heterocycles. The number of para-hydroxylation sites is 1. The molecule has 132 valence electrons. The molecule has 2 heterocycles. The van der Waals surface area contributed by atoms with Crippen LogP contribution < -0.4 is 10.2 Å². The van der Waals surface area contributed by atoms with Crippen molar-refractivity contribution in [3.63, 3.8) is 0 Å². The molecule has 1 aliphatic rings. The summed E-state index contributed by atoms with van der Waals surface area (Å²) in [4.78, 5) is 27.8. The molecule has 1 unspecified atom stereocenters. The van der Waals surface area contributed by atoms with Crippen LogP contribution in [0.25, 0.3) is 0 Å². The molecule has 1 atom stereocenters. The highest BCUT2D eigenvalue weighted by Crippen LogP contribution is 2.26. The fourth-order valence-corrected chi connectivity index (χ4v) is 2.93. The Morgan fingerprint density at radius 2 is 2.24 bits per heavy atom. The van der Waals surface area contributed by atoms with Gasteiger partial charge in [0.2, 0.25) is 11.8 Å². The molecule has 2 aromatic rings. The molecule has 0 bridgehead atoms. The van der Waals surface area contributed by atoms with E-state index in [2.05, 4.69) is 10.5 Å². The predicted octanol–water partition coefficient (Wildman–Crippen LogP) is 1.80. The SMILES string of the molecule is Cc1cc(NC(=O)CN(C)C2CCN(c3ccccc3F)C2=O)no1. The minimum absolute atomic E-state index is 0.0213. The lowest BCUT2D eigenvalue weighted by molar-refractivity contribution is -0.123. The van der Waals surface area contributed by atoms with Gasteiger partial charge in [-0.05, 0) is 32.5 Å². The zero-order chi connectivity index (χ0) is 18.0. The van der Waals surface area contributed by atoms with E-state index in [4.69, 9.17) is 4.52 Å². The second-order valence-corrected chi connectivity index (χ2v) is 6.03. The topological polar surface area (TPSA) is 78.7 Å². The summed E-state index contributed by atoms with van der Waals surface area (Å²) in [5, 5.41) is 6.31. The van der Waals surface area contributed by atoms with Gasteiger partial charge in [-0.3, -0.25) is 14.5 Å². The summed E-state index contributed by atoms with van der Waals surface area (Å²) in [7, 11) is 1.70. The summed E-state index contributed by atoms with van der Waals surface area (Å²) in [6.07, 6.45) is 0.528. The first-order valence-corrected chi connectivity index (χ1v) is 7.95. The number of anilines is 2. The van der Waals surface area contributed by atoms with Crippen molar-refractivity contribution in [2.45, 2.75) is 19.4 Å². The molecule has 0 aliphatic carbocycles. The van der Waals surface area contributed by atoms with Gasteiger partial charge >= 0.3 is 0 Å². The summed E-state index contributed by atoms with van der Waals surface area (Å²) >= 11 is 0. The average molecular weight is 346 g/mol. The molecule has 1 fully saturated rings. The maximum atomic E-state index is 13.9. The zero-order valence-corrected chi connectivity index (χ0v) is 14.0. The highest BCUT2D eigenvalue weighted by atomic mass is 19.1. The van der Waals surface area contributed by atoms with E-state index < -0.39 is 11.9 Å². The van der Waals surface area contributed by atoms with Crippen molar-refractivity contribution in [1.82, 2.24) is 10.1 Å². The van der Waals surface area contributed by atoms with Crippen LogP contribution in [0.4, 0.5) is 15.9 Å². The van der Waals surface area contributed by atoms with Gasteiger partial charge in [0.25, 0.3) is 0 Å². The van der Waals surface area contributed by atoms with Crippen LogP contribution in [0.15, 0.2) is 34.9 Å². The van der Waals surface area contributed by atoms with Crippen molar-refractivity contribution in [1.29, 1.82) is 0 Å². The second-order valence-electron chi connectivity index (χ2n) is 6.03. The summed E-state index contributed by atoms with van der Waals surface area (Å²) in [6, 6.07) is 7.32. The first kappa shape index (κ1) is 17.1. The van der Waals surface area contributed by atoms with Crippen molar-refractivity contribution in [3.8, 4) is 0 Å². The van der Waals surface area contributed by atoms with Crippen LogP contribution in [0.2, 0.25) is 0 Å². The van der Waals surface area contributed by atoms with E-state index in [1.807, 2.05) is 0 Å². The van der Waals surface area contributed by atoms with Gasteiger partial charge in [-0.25, -0.2) is 4.39 Å². The number of hydrogen-bond donors (Lipinski definition) is 1. The van der Waals surface area contributed by atoms with Crippen molar-refractivity contribution in [2.75, 3.05) is 30.4 Å². The number of amides is 2. The number of halogens is 1. The summed E-state index contributed by atoms with van der Waals surface area (Å²) in [5.74, 6) is -0.0132. The molecule has 1 aromatic heterocycles. The summed E-state index contributed by atoms with van der Waals surface area (Å²) < 4.78 is 18.8. The fraction of sp³-hybridized carbons (Fsp3) is 0.353. The Morgan fingerprint density at radius 1 is 1.48 bits per heavy atom. The number of carbonyl (C=O) groups excluding carboxylic acids is 2. The normalized spacial score (nSPS) is 17.4. The molecule has 3 rings (SSSR count). The van der Waals surface area contributed by atoms with E-state index in [-0.39, 0.29) is 24.0 Å². The Labute approximate surface area is 144 Å². The van der Waals surface area contributed by atoms with E-state index >= 15 is 0 Å². The number of carbonyl (C=O) groups is 2. The molecular weight excluding hydrogens is 327 g/mol. The summed E-state index contributed by atoms with van der Waals surface area (Å²) in [5.41, 5.74) is 0.269. The third-order valence-electron chi connectivity index (χ3n) is 4.14. The Hall–Kier alpha value is -2.74. The van der Waals surface area contributed by atoms with E-state index in [1.165, 1.54) is 11.0 Å². The second kappa shape index (κ2) is 7.02. The van der Waals surface area contributed by atoms with Crippen molar-refractivity contribution in [3.05, 3.63) is 41.9 Å². The molecule has 0 saturated carbocycles. The first-order chi connectivity index (χ1) is 12.0. The smallest absolute Gasteiger partial charge is 0.244 e. The maximum Gasteiger partial charge on any atom is 0.244 e. The standard InChI is InChI=1S/C17H19FN4O3/c1-11-9-15(20-25-11)19-16(23)10-21(2)14-7-8-22(17(14)24)13-6-4-3-5-12(13)18/h3-6,9,14H,7-8,10H2,1-2H3,(H,19,20,23). The van der Waals surface area contributed by atoms with Crippen molar-refractivity contribution in [2.24, 2.45) is 0 Å². The molecule has 7 nitrogen and oxygen atoms in total. The Bertz CT molecular complexity index is 792. The molecule has 1 N–H and O–H groups in total. The van der Waals surface area contributed by atoms with E-state index in [0.717, 1.165) is 0 Å². The van der Waals surface area contributed by atoms with Crippen molar-refractivity contribution < 1.29 is 18.5 Å². The number of aromatic nitrogens is 1. The number of benzene rings is 1. The Morgan fingerprint density at radius 3 is 2.92 bits per heavy atom. The number of nitrogens with one attached hydrogen (secondary N) is 1. The molecule has 2 amide bonds.